The number of rotatable bonds is 5. The molecule has 28 heavy (non-hydrogen) atoms. The van der Waals surface area contributed by atoms with Gasteiger partial charge in [0.15, 0.2) is 10.9 Å². The van der Waals surface area contributed by atoms with Gasteiger partial charge in [0, 0.05) is 5.39 Å². The highest BCUT2D eigenvalue weighted by Gasteiger charge is 2.13. The maximum Gasteiger partial charge on any atom is 0.187 e. The molecule has 4 rings (SSSR count). The van der Waals surface area contributed by atoms with Crippen LogP contribution >= 0.6 is 12.2 Å². The Labute approximate surface area is 169 Å². The van der Waals surface area contributed by atoms with Gasteiger partial charge < -0.3 is 19.4 Å². The number of hydrogen-bond acceptors (Lipinski definition) is 4. The lowest BCUT2D eigenvalue weighted by atomic mass is 10.1. The van der Waals surface area contributed by atoms with E-state index in [1.807, 2.05) is 31.2 Å². The van der Waals surface area contributed by atoms with E-state index in [1.54, 1.807) is 0 Å². The van der Waals surface area contributed by atoms with Crippen LogP contribution < -0.4 is 15.6 Å². The summed E-state index contributed by atoms with van der Waals surface area (Å²) in [6.45, 7) is 7.53. The van der Waals surface area contributed by atoms with Crippen LogP contribution in [-0.2, 0) is 4.74 Å². The lowest BCUT2D eigenvalue weighted by molar-refractivity contribution is -0.906. The molecule has 1 fully saturated rings. The molecule has 0 atom stereocenters. The Hall–Kier alpha value is -2.48. The molecule has 1 saturated heterocycles. The smallest absolute Gasteiger partial charge is 0.187 e. The number of nitrogens with one attached hydrogen (secondary N) is 3. The molecule has 0 aliphatic carbocycles. The van der Waals surface area contributed by atoms with Gasteiger partial charge in [-0.05, 0) is 42.0 Å². The number of furan rings is 1. The van der Waals surface area contributed by atoms with Gasteiger partial charge in [-0.3, -0.25) is 5.43 Å². The minimum absolute atomic E-state index is 0.522. The normalized spacial score (nSPS) is 15.8. The van der Waals surface area contributed by atoms with Crippen LogP contribution in [-0.4, -0.2) is 50.2 Å². The van der Waals surface area contributed by atoms with Crippen LogP contribution in [0.1, 0.15) is 12.7 Å². The molecule has 3 aromatic rings. The first-order valence-corrected chi connectivity index (χ1v) is 10.0. The second-order valence-electron chi connectivity index (χ2n) is 6.99. The maximum atomic E-state index is 5.98. The summed E-state index contributed by atoms with van der Waals surface area (Å²) in [5, 5.41) is 11.6. The van der Waals surface area contributed by atoms with E-state index in [0.29, 0.717) is 5.11 Å². The molecule has 0 bridgehead atoms. The molecule has 0 amide bonds. The van der Waals surface area contributed by atoms with Crippen molar-refractivity contribution in [3.05, 3.63) is 48.2 Å². The van der Waals surface area contributed by atoms with Crippen LogP contribution in [0.4, 0.5) is 0 Å². The van der Waals surface area contributed by atoms with Gasteiger partial charge in [0.2, 0.25) is 0 Å². The largest absolute Gasteiger partial charge is 0.455 e. The molecule has 1 aliphatic heterocycles. The highest BCUT2D eigenvalue weighted by molar-refractivity contribution is 7.80. The summed E-state index contributed by atoms with van der Waals surface area (Å²) in [6, 6.07) is 14.4. The molecular formula is C21H25N4O2S+. The summed E-state index contributed by atoms with van der Waals surface area (Å²) >= 11 is 5.32. The van der Waals surface area contributed by atoms with Gasteiger partial charge in [-0.1, -0.05) is 30.3 Å². The zero-order valence-electron chi connectivity index (χ0n) is 16.0. The van der Waals surface area contributed by atoms with E-state index in [-0.39, 0.29) is 0 Å². The molecule has 2 aromatic carbocycles. The SMILES string of the molecule is C/C(=N/NC(=S)NCC[NH+]1CCOCC1)c1cc2c(ccc3ccccc32)o1. The highest BCUT2D eigenvalue weighted by Crippen LogP contribution is 2.28. The second-order valence-corrected chi connectivity index (χ2v) is 7.39. The van der Waals surface area contributed by atoms with Crippen molar-refractivity contribution in [3.63, 3.8) is 0 Å². The number of nitrogens with zero attached hydrogens (tertiary/aromatic N) is 1. The van der Waals surface area contributed by atoms with Crippen molar-refractivity contribution in [2.24, 2.45) is 5.10 Å². The first kappa shape index (κ1) is 18.9. The van der Waals surface area contributed by atoms with E-state index < -0.39 is 0 Å². The van der Waals surface area contributed by atoms with Crippen molar-refractivity contribution >= 4 is 44.8 Å². The number of hydrazone groups is 1. The van der Waals surface area contributed by atoms with Crippen molar-refractivity contribution in [3.8, 4) is 0 Å². The summed E-state index contributed by atoms with van der Waals surface area (Å²) in [5.41, 5.74) is 4.53. The average molecular weight is 398 g/mol. The molecule has 0 unspecified atom stereocenters. The lowest BCUT2D eigenvalue weighted by Gasteiger charge is -2.23. The molecule has 1 aliphatic rings. The summed E-state index contributed by atoms with van der Waals surface area (Å²) in [4.78, 5) is 1.54. The zero-order chi connectivity index (χ0) is 19.3. The Kier molecular flexibility index (Phi) is 5.85. The third-order valence-corrected chi connectivity index (χ3v) is 5.31. The molecule has 7 heteroatoms. The quantitative estimate of drug-likeness (QED) is 0.347. The monoisotopic (exact) mass is 397 g/mol. The number of morpholine rings is 1. The maximum absolute atomic E-state index is 5.98. The summed E-state index contributed by atoms with van der Waals surface area (Å²) < 4.78 is 11.4. The number of thiocarbonyl (C=S) groups is 1. The molecule has 0 spiro atoms. The Balaban J connectivity index is 1.36. The average Bonchev–Trinajstić information content (AvgIpc) is 3.18. The number of fused-ring (bicyclic) bond motifs is 3. The van der Waals surface area contributed by atoms with Crippen LogP contribution in [0, 0.1) is 0 Å². The van der Waals surface area contributed by atoms with E-state index in [1.165, 1.54) is 15.7 Å². The van der Waals surface area contributed by atoms with Gasteiger partial charge in [-0.2, -0.15) is 5.10 Å². The van der Waals surface area contributed by atoms with Crippen LogP contribution in [0.25, 0.3) is 21.7 Å². The Bertz CT molecular complexity index is 1010. The standard InChI is InChI=1S/C21H24N4O2S/c1-15(23-24-21(28)22-8-9-25-10-12-26-13-11-25)20-14-18-17-5-3-2-4-16(17)6-7-19(18)27-20/h2-7,14H,8-13H2,1H3,(H2,22,24,28)/p+1/b23-15-. The third-order valence-electron chi connectivity index (χ3n) is 5.07. The van der Waals surface area contributed by atoms with Gasteiger partial charge in [-0.25, -0.2) is 0 Å². The molecule has 3 N–H and O–H groups in total. The van der Waals surface area contributed by atoms with Crippen molar-refractivity contribution in [2.75, 3.05) is 39.4 Å². The second kappa shape index (κ2) is 8.68. The van der Waals surface area contributed by atoms with Crippen LogP contribution in [0.5, 0.6) is 0 Å². The van der Waals surface area contributed by atoms with Crippen molar-refractivity contribution in [1.82, 2.24) is 10.7 Å². The van der Waals surface area contributed by atoms with Crippen molar-refractivity contribution < 1.29 is 14.1 Å². The van der Waals surface area contributed by atoms with E-state index >= 15 is 0 Å². The van der Waals surface area contributed by atoms with Crippen LogP contribution in [0.2, 0.25) is 0 Å². The predicted molar refractivity (Wildman–Crippen MR) is 116 cm³/mol. The van der Waals surface area contributed by atoms with Crippen LogP contribution in [0.15, 0.2) is 52.0 Å². The number of hydrogen-bond donors (Lipinski definition) is 3. The fourth-order valence-corrected chi connectivity index (χ4v) is 3.61. The van der Waals surface area contributed by atoms with Crippen molar-refractivity contribution in [1.29, 1.82) is 0 Å². The minimum atomic E-state index is 0.522. The Morgan fingerprint density at radius 2 is 1.96 bits per heavy atom. The molecule has 0 radical (unpaired) electrons. The van der Waals surface area contributed by atoms with E-state index in [0.717, 1.165) is 61.8 Å². The fourth-order valence-electron chi connectivity index (χ4n) is 3.46. The van der Waals surface area contributed by atoms with Gasteiger partial charge in [-0.15, -0.1) is 0 Å². The summed E-state index contributed by atoms with van der Waals surface area (Å²) in [7, 11) is 0. The Morgan fingerprint density at radius 1 is 1.14 bits per heavy atom. The van der Waals surface area contributed by atoms with Gasteiger partial charge >= 0.3 is 0 Å². The molecule has 6 nitrogen and oxygen atoms in total. The van der Waals surface area contributed by atoms with Gasteiger partial charge in [0.1, 0.15) is 24.4 Å². The first-order valence-electron chi connectivity index (χ1n) is 9.62. The molecular weight excluding hydrogens is 372 g/mol. The molecule has 1 aromatic heterocycles. The fraction of sp³-hybridized carbons (Fsp3) is 0.333. The lowest BCUT2D eigenvalue weighted by Crippen LogP contribution is -3.14. The van der Waals surface area contributed by atoms with Crippen LogP contribution in [0.3, 0.4) is 0 Å². The predicted octanol–water partition coefficient (Wildman–Crippen LogP) is 1.69. The minimum Gasteiger partial charge on any atom is -0.455 e. The number of ether oxygens (including phenoxy) is 1. The van der Waals surface area contributed by atoms with E-state index in [4.69, 9.17) is 21.4 Å². The molecule has 2 heterocycles. The highest BCUT2D eigenvalue weighted by atomic mass is 32.1. The molecule has 0 saturated carbocycles. The zero-order valence-corrected chi connectivity index (χ0v) is 16.8. The van der Waals surface area contributed by atoms with E-state index in [2.05, 4.69) is 34.0 Å². The summed E-state index contributed by atoms with van der Waals surface area (Å²) in [6.07, 6.45) is 0. The van der Waals surface area contributed by atoms with E-state index in [9.17, 15) is 0 Å². The summed E-state index contributed by atoms with van der Waals surface area (Å²) in [5.74, 6) is 0.736. The number of benzene rings is 2. The first-order chi connectivity index (χ1) is 13.7. The van der Waals surface area contributed by atoms with Gasteiger partial charge in [0.05, 0.1) is 26.3 Å². The Morgan fingerprint density at radius 3 is 2.82 bits per heavy atom. The van der Waals surface area contributed by atoms with Gasteiger partial charge in [0.25, 0.3) is 0 Å². The molecule has 146 valence electrons. The third kappa shape index (κ3) is 4.32. The number of quaternary nitrogens is 1. The topological polar surface area (TPSA) is 63.2 Å². The van der Waals surface area contributed by atoms with Crippen molar-refractivity contribution in [2.45, 2.75) is 6.92 Å².